The molecule has 0 bridgehead atoms. The maximum absolute atomic E-state index is 11.1. The zero-order valence-corrected chi connectivity index (χ0v) is 19.2. The Balaban J connectivity index is 1.78. The molecule has 3 aromatic rings. The average molecular weight is 532 g/mol. The Labute approximate surface area is 193 Å². The molecule has 0 amide bonds. The minimum absolute atomic E-state index is 0.0709. The van der Waals surface area contributed by atoms with Crippen molar-refractivity contribution in [3.8, 4) is 11.5 Å². The van der Waals surface area contributed by atoms with Crippen LogP contribution in [0.4, 0.5) is 11.5 Å². The van der Waals surface area contributed by atoms with E-state index in [1.165, 1.54) is 23.9 Å². The molecule has 1 heterocycles. The number of ether oxygens (including phenoxy) is 2. The quantitative estimate of drug-likeness (QED) is 0.173. The van der Waals surface area contributed by atoms with Gasteiger partial charge in [0.25, 0.3) is 0 Å². The Kier molecular flexibility index (Phi) is 7.76. The molecule has 0 unspecified atom stereocenters. The molecular formula is C22H21IN4O4. The van der Waals surface area contributed by atoms with E-state index in [1.807, 2.05) is 44.2 Å². The molecule has 0 radical (unpaired) electrons. The summed E-state index contributed by atoms with van der Waals surface area (Å²) in [6.07, 6.45) is 3.01. The molecule has 0 aliphatic rings. The van der Waals surface area contributed by atoms with Crippen molar-refractivity contribution in [1.82, 2.24) is 4.98 Å². The van der Waals surface area contributed by atoms with E-state index in [-0.39, 0.29) is 11.5 Å². The molecular weight excluding hydrogens is 511 g/mol. The van der Waals surface area contributed by atoms with Crippen LogP contribution in [0.15, 0.2) is 59.8 Å². The number of hydrogen-bond donors (Lipinski definition) is 1. The van der Waals surface area contributed by atoms with Crippen molar-refractivity contribution in [3.63, 3.8) is 0 Å². The highest BCUT2D eigenvalue weighted by Crippen LogP contribution is 2.34. The lowest BCUT2D eigenvalue weighted by Crippen LogP contribution is -2.03. The molecule has 0 fully saturated rings. The summed E-state index contributed by atoms with van der Waals surface area (Å²) in [5, 5.41) is 15.2. The molecule has 0 saturated carbocycles. The highest BCUT2D eigenvalue weighted by molar-refractivity contribution is 14.1. The molecule has 1 aromatic heterocycles. The van der Waals surface area contributed by atoms with Crippen LogP contribution < -0.4 is 14.9 Å². The van der Waals surface area contributed by atoms with E-state index in [1.54, 1.807) is 6.21 Å². The standard InChI is InChI=1S/C22H21IN4O4/c1-3-30-20-12-17(13-25-26-22-19(27(28)29)8-5-9-24-22)11-18(23)21(20)31-14-16-7-4-6-15(2)10-16/h4-13H,3,14H2,1-2H3,(H,24,26)/b25-13-. The van der Waals surface area contributed by atoms with Crippen molar-refractivity contribution < 1.29 is 14.4 Å². The van der Waals surface area contributed by atoms with Crippen LogP contribution in [0.3, 0.4) is 0 Å². The van der Waals surface area contributed by atoms with Crippen molar-refractivity contribution in [2.75, 3.05) is 12.0 Å². The van der Waals surface area contributed by atoms with Gasteiger partial charge in [-0.05, 0) is 65.8 Å². The first kappa shape index (κ1) is 22.5. The van der Waals surface area contributed by atoms with Gasteiger partial charge < -0.3 is 9.47 Å². The Morgan fingerprint density at radius 2 is 2.06 bits per heavy atom. The van der Waals surface area contributed by atoms with Crippen LogP contribution in [0.2, 0.25) is 0 Å². The first-order valence-electron chi connectivity index (χ1n) is 9.51. The fraction of sp³-hybridized carbons (Fsp3) is 0.182. The second-order valence-corrected chi connectivity index (χ2v) is 7.70. The van der Waals surface area contributed by atoms with Crippen molar-refractivity contribution in [3.05, 3.63) is 85.1 Å². The number of nitrogens with one attached hydrogen (secondary N) is 1. The zero-order valence-electron chi connectivity index (χ0n) is 17.0. The van der Waals surface area contributed by atoms with E-state index in [0.29, 0.717) is 24.7 Å². The maximum Gasteiger partial charge on any atom is 0.313 e. The number of nitrogens with zero attached hydrogens (tertiary/aromatic N) is 3. The van der Waals surface area contributed by atoms with E-state index in [9.17, 15) is 10.1 Å². The molecule has 0 aliphatic heterocycles. The Morgan fingerprint density at radius 1 is 1.23 bits per heavy atom. The molecule has 31 heavy (non-hydrogen) atoms. The van der Waals surface area contributed by atoms with Crippen LogP contribution in [0.5, 0.6) is 11.5 Å². The summed E-state index contributed by atoms with van der Waals surface area (Å²) >= 11 is 2.19. The lowest BCUT2D eigenvalue weighted by atomic mass is 10.1. The van der Waals surface area contributed by atoms with E-state index in [2.05, 4.69) is 44.2 Å². The summed E-state index contributed by atoms with van der Waals surface area (Å²) < 4.78 is 12.7. The van der Waals surface area contributed by atoms with Crippen molar-refractivity contribution >= 4 is 40.3 Å². The molecule has 160 valence electrons. The van der Waals surface area contributed by atoms with Gasteiger partial charge >= 0.3 is 5.69 Å². The van der Waals surface area contributed by atoms with E-state index >= 15 is 0 Å². The largest absolute Gasteiger partial charge is 0.490 e. The molecule has 0 atom stereocenters. The number of pyridine rings is 1. The second-order valence-electron chi connectivity index (χ2n) is 6.54. The maximum atomic E-state index is 11.1. The molecule has 0 aliphatic carbocycles. The van der Waals surface area contributed by atoms with Crippen LogP contribution in [0.1, 0.15) is 23.6 Å². The molecule has 2 aromatic carbocycles. The number of rotatable bonds is 9. The number of hydrazone groups is 1. The van der Waals surface area contributed by atoms with Crippen LogP contribution in [0.25, 0.3) is 0 Å². The fourth-order valence-corrected chi connectivity index (χ4v) is 3.60. The zero-order chi connectivity index (χ0) is 22.2. The third-order valence-electron chi connectivity index (χ3n) is 4.16. The fourth-order valence-electron chi connectivity index (χ4n) is 2.82. The predicted molar refractivity (Wildman–Crippen MR) is 128 cm³/mol. The van der Waals surface area contributed by atoms with Gasteiger partial charge in [-0.2, -0.15) is 5.10 Å². The number of halogens is 1. The van der Waals surface area contributed by atoms with Gasteiger partial charge in [0.2, 0.25) is 5.82 Å². The highest BCUT2D eigenvalue weighted by atomic mass is 127. The topological polar surface area (TPSA) is 98.9 Å². The Bertz CT molecular complexity index is 1100. The van der Waals surface area contributed by atoms with Gasteiger partial charge in [-0.3, -0.25) is 15.5 Å². The van der Waals surface area contributed by atoms with Crippen LogP contribution in [-0.2, 0) is 6.61 Å². The smallest absolute Gasteiger partial charge is 0.313 e. The third kappa shape index (κ3) is 6.14. The minimum atomic E-state index is -0.513. The summed E-state index contributed by atoms with van der Waals surface area (Å²) in [7, 11) is 0. The van der Waals surface area contributed by atoms with E-state index in [0.717, 1.165) is 14.7 Å². The van der Waals surface area contributed by atoms with Crippen molar-refractivity contribution in [2.45, 2.75) is 20.5 Å². The summed E-state index contributed by atoms with van der Waals surface area (Å²) in [6.45, 7) is 4.85. The van der Waals surface area contributed by atoms with Crippen LogP contribution in [-0.4, -0.2) is 22.7 Å². The summed E-state index contributed by atoms with van der Waals surface area (Å²) in [5.74, 6) is 1.34. The lowest BCUT2D eigenvalue weighted by Gasteiger charge is -2.15. The SMILES string of the molecule is CCOc1cc(/C=N\Nc2ncccc2[N+](=O)[O-])cc(I)c1OCc1cccc(C)c1. The lowest BCUT2D eigenvalue weighted by molar-refractivity contribution is -0.384. The molecule has 9 heteroatoms. The summed E-state index contributed by atoms with van der Waals surface area (Å²) in [6, 6.07) is 14.7. The molecule has 0 spiro atoms. The highest BCUT2D eigenvalue weighted by Gasteiger charge is 2.14. The number of nitro groups is 1. The van der Waals surface area contributed by atoms with Gasteiger partial charge in [0.1, 0.15) is 6.61 Å². The molecule has 3 rings (SSSR count). The van der Waals surface area contributed by atoms with Crippen LogP contribution >= 0.6 is 22.6 Å². The van der Waals surface area contributed by atoms with Gasteiger partial charge in [-0.1, -0.05) is 29.8 Å². The number of aromatic nitrogens is 1. The van der Waals surface area contributed by atoms with Gasteiger partial charge in [-0.15, -0.1) is 0 Å². The van der Waals surface area contributed by atoms with Crippen molar-refractivity contribution in [1.29, 1.82) is 0 Å². The number of benzene rings is 2. The molecule has 1 N–H and O–H groups in total. The second kappa shape index (κ2) is 10.7. The van der Waals surface area contributed by atoms with Crippen LogP contribution in [0, 0.1) is 20.6 Å². The first-order chi connectivity index (χ1) is 15.0. The third-order valence-corrected chi connectivity index (χ3v) is 4.97. The first-order valence-corrected chi connectivity index (χ1v) is 10.6. The monoisotopic (exact) mass is 532 g/mol. The average Bonchev–Trinajstić information content (AvgIpc) is 2.74. The van der Waals surface area contributed by atoms with Gasteiger partial charge in [0, 0.05) is 12.3 Å². The predicted octanol–water partition coefficient (Wildman–Crippen LogP) is 5.33. The van der Waals surface area contributed by atoms with Gasteiger partial charge in [0.05, 0.1) is 21.3 Å². The van der Waals surface area contributed by atoms with Gasteiger partial charge in [0.15, 0.2) is 11.5 Å². The van der Waals surface area contributed by atoms with Crippen molar-refractivity contribution in [2.24, 2.45) is 5.10 Å². The minimum Gasteiger partial charge on any atom is -0.490 e. The molecule has 0 saturated heterocycles. The summed E-state index contributed by atoms with van der Waals surface area (Å²) in [5.41, 5.74) is 5.47. The summed E-state index contributed by atoms with van der Waals surface area (Å²) in [4.78, 5) is 14.5. The van der Waals surface area contributed by atoms with E-state index in [4.69, 9.17) is 9.47 Å². The van der Waals surface area contributed by atoms with Gasteiger partial charge in [-0.25, -0.2) is 4.98 Å². The number of aryl methyl sites for hydroxylation is 1. The Morgan fingerprint density at radius 3 is 2.81 bits per heavy atom. The molecule has 8 nitrogen and oxygen atoms in total. The van der Waals surface area contributed by atoms with E-state index < -0.39 is 4.92 Å². The Hall–Kier alpha value is -3.21. The number of anilines is 1. The normalized spacial score (nSPS) is 10.8. The number of hydrogen-bond acceptors (Lipinski definition) is 7.